The number of hydrogen-bond donors (Lipinski definition) is 1. The van der Waals surface area contributed by atoms with Gasteiger partial charge in [0, 0.05) is 43.6 Å². The molecular formula is C22H27N5O2S. The number of thiophene rings is 1. The molecule has 5 rings (SSSR count). The first-order valence-corrected chi connectivity index (χ1v) is 11.7. The molecule has 4 heterocycles. The Morgan fingerprint density at radius 2 is 2.10 bits per heavy atom. The van der Waals surface area contributed by atoms with Gasteiger partial charge in [0.05, 0.1) is 0 Å². The molecule has 0 bridgehead atoms. The maximum absolute atomic E-state index is 12.7. The minimum Gasteiger partial charge on any atom is -0.349 e. The van der Waals surface area contributed by atoms with Crippen LogP contribution in [0, 0.1) is 11.3 Å². The van der Waals surface area contributed by atoms with E-state index in [0.717, 1.165) is 62.6 Å². The quantitative estimate of drug-likeness (QED) is 0.747. The maximum atomic E-state index is 12.7. The van der Waals surface area contributed by atoms with Crippen molar-refractivity contribution >= 4 is 29.2 Å². The van der Waals surface area contributed by atoms with Crippen LogP contribution in [0.1, 0.15) is 53.4 Å². The minimum atomic E-state index is -0.112. The molecule has 1 atom stereocenters. The average molecular weight is 426 g/mol. The molecule has 1 aliphatic carbocycles. The van der Waals surface area contributed by atoms with Gasteiger partial charge in [-0.25, -0.2) is 0 Å². The van der Waals surface area contributed by atoms with Crippen LogP contribution in [0.15, 0.2) is 23.6 Å². The van der Waals surface area contributed by atoms with Gasteiger partial charge in [0.2, 0.25) is 11.7 Å². The molecule has 2 aromatic rings. The van der Waals surface area contributed by atoms with Gasteiger partial charge in [-0.15, -0.1) is 21.5 Å². The summed E-state index contributed by atoms with van der Waals surface area (Å²) >= 11 is 1.63. The van der Waals surface area contributed by atoms with Crippen molar-refractivity contribution < 1.29 is 9.59 Å². The van der Waals surface area contributed by atoms with Crippen LogP contribution in [-0.4, -0.2) is 51.1 Å². The molecule has 8 heteroatoms. The lowest BCUT2D eigenvalue weighted by Gasteiger charge is -2.27. The number of carbonyl (C=O) groups is 2. The Hall–Kier alpha value is -2.48. The Morgan fingerprint density at radius 3 is 2.90 bits per heavy atom. The second-order valence-corrected chi connectivity index (χ2v) is 9.83. The fraction of sp³-hybridized carbons (Fsp3) is 0.545. The van der Waals surface area contributed by atoms with Crippen LogP contribution >= 0.6 is 11.3 Å². The Labute approximate surface area is 180 Å². The van der Waals surface area contributed by atoms with Crippen LogP contribution < -0.4 is 5.32 Å². The molecule has 1 unspecified atom stereocenters. The summed E-state index contributed by atoms with van der Waals surface area (Å²) in [5.74, 6) is 1.94. The molecule has 0 aromatic carbocycles. The molecule has 2 fully saturated rings. The SMILES string of the molecule is O=C(NCC1CC1)c1nnc2n1CCC1(CC2)CCN(C(=O)/C=C/c2cccs2)C1. The number of nitrogens with zero attached hydrogens (tertiary/aromatic N) is 4. The lowest BCUT2D eigenvalue weighted by Crippen LogP contribution is -2.32. The average Bonchev–Trinajstić information content (AvgIpc) is 3.14. The highest BCUT2D eigenvalue weighted by atomic mass is 32.1. The zero-order valence-corrected chi connectivity index (χ0v) is 17.9. The molecule has 2 amide bonds. The Bertz CT molecular complexity index is 962. The summed E-state index contributed by atoms with van der Waals surface area (Å²) in [6.45, 7) is 3.05. The summed E-state index contributed by atoms with van der Waals surface area (Å²) < 4.78 is 2.00. The Kier molecular flexibility index (Phi) is 5.18. The first-order valence-electron chi connectivity index (χ1n) is 10.8. The molecule has 1 spiro atoms. The highest BCUT2D eigenvalue weighted by Crippen LogP contribution is 2.41. The van der Waals surface area contributed by atoms with Crippen molar-refractivity contribution in [2.45, 2.75) is 45.1 Å². The first-order chi connectivity index (χ1) is 14.6. The molecule has 30 heavy (non-hydrogen) atoms. The predicted molar refractivity (Wildman–Crippen MR) is 115 cm³/mol. The second kappa shape index (κ2) is 7.98. The van der Waals surface area contributed by atoms with E-state index in [0.29, 0.717) is 11.7 Å². The maximum Gasteiger partial charge on any atom is 0.289 e. The van der Waals surface area contributed by atoms with Gasteiger partial charge in [-0.2, -0.15) is 0 Å². The third kappa shape index (κ3) is 4.05. The first kappa shape index (κ1) is 19.5. The zero-order valence-electron chi connectivity index (χ0n) is 17.0. The lowest BCUT2D eigenvalue weighted by atomic mass is 9.80. The molecule has 158 valence electrons. The number of likely N-dealkylation sites (tertiary alicyclic amines) is 1. The zero-order chi connectivity index (χ0) is 20.6. The van der Waals surface area contributed by atoms with Gasteiger partial charge < -0.3 is 14.8 Å². The van der Waals surface area contributed by atoms with Crippen LogP contribution in [0.4, 0.5) is 0 Å². The minimum absolute atomic E-state index is 0.0871. The van der Waals surface area contributed by atoms with Crippen molar-refractivity contribution in [1.29, 1.82) is 0 Å². The third-order valence-corrected chi connectivity index (χ3v) is 7.54. The molecule has 7 nitrogen and oxygen atoms in total. The second-order valence-electron chi connectivity index (χ2n) is 8.85. The van der Waals surface area contributed by atoms with Crippen LogP contribution in [0.25, 0.3) is 6.08 Å². The normalized spacial score (nSPS) is 23.7. The van der Waals surface area contributed by atoms with Crippen molar-refractivity contribution in [3.63, 3.8) is 0 Å². The molecule has 1 saturated carbocycles. The van der Waals surface area contributed by atoms with Crippen LogP contribution in [-0.2, 0) is 17.8 Å². The fourth-order valence-corrected chi connectivity index (χ4v) is 5.21. The number of amides is 2. The summed E-state index contributed by atoms with van der Waals surface area (Å²) in [5.41, 5.74) is 0.106. The van der Waals surface area contributed by atoms with Crippen LogP contribution in [0.2, 0.25) is 0 Å². The number of hydrogen-bond acceptors (Lipinski definition) is 5. The van der Waals surface area contributed by atoms with Gasteiger partial charge in [-0.1, -0.05) is 6.07 Å². The van der Waals surface area contributed by atoms with E-state index in [1.54, 1.807) is 17.4 Å². The van der Waals surface area contributed by atoms with Crippen molar-refractivity contribution in [1.82, 2.24) is 25.0 Å². The van der Waals surface area contributed by atoms with Gasteiger partial charge in [-0.05, 0) is 61.0 Å². The number of rotatable bonds is 5. The molecular weight excluding hydrogens is 398 g/mol. The monoisotopic (exact) mass is 425 g/mol. The third-order valence-electron chi connectivity index (χ3n) is 6.71. The predicted octanol–water partition coefficient (Wildman–Crippen LogP) is 2.75. The van der Waals surface area contributed by atoms with E-state index in [4.69, 9.17) is 0 Å². The fourth-order valence-electron chi connectivity index (χ4n) is 4.59. The topological polar surface area (TPSA) is 80.1 Å². The van der Waals surface area contributed by atoms with E-state index >= 15 is 0 Å². The number of nitrogens with one attached hydrogen (secondary N) is 1. The van der Waals surface area contributed by atoms with E-state index in [1.807, 2.05) is 33.1 Å². The van der Waals surface area contributed by atoms with E-state index < -0.39 is 0 Å². The Morgan fingerprint density at radius 1 is 1.23 bits per heavy atom. The lowest BCUT2D eigenvalue weighted by molar-refractivity contribution is -0.125. The standard InChI is InChI=1S/C22H27N5O2S/c28-19(6-5-17-2-1-13-30-17)26-11-9-22(15-26)8-7-18-24-25-20(27(18)12-10-22)21(29)23-14-16-3-4-16/h1-2,5-6,13,16H,3-4,7-12,14-15H2,(H,23,29)/b6-5+. The molecule has 0 radical (unpaired) electrons. The number of aromatic nitrogens is 3. The van der Waals surface area contributed by atoms with Crippen molar-refractivity contribution in [2.75, 3.05) is 19.6 Å². The van der Waals surface area contributed by atoms with E-state index in [2.05, 4.69) is 15.5 Å². The van der Waals surface area contributed by atoms with Gasteiger partial charge in [0.25, 0.3) is 5.91 Å². The van der Waals surface area contributed by atoms with E-state index in [-0.39, 0.29) is 17.2 Å². The van der Waals surface area contributed by atoms with Crippen molar-refractivity contribution in [3.8, 4) is 0 Å². The molecule has 1 saturated heterocycles. The van der Waals surface area contributed by atoms with Gasteiger partial charge in [0.1, 0.15) is 5.82 Å². The number of carbonyl (C=O) groups excluding carboxylic acids is 2. The summed E-state index contributed by atoms with van der Waals surface area (Å²) in [5, 5.41) is 13.5. The van der Waals surface area contributed by atoms with E-state index in [9.17, 15) is 9.59 Å². The highest BCUT2D eigenvalue weighted by molar-refractivity contribution is 7.10. The molecule has 3 aliphatic rings. The smallest absolute Gasteiger partial charge is 0.289 e. The number of fused-ring (bicyclic) bond motifs is 1. The Balaban J connectivity index is 1.22. The summed E-state index contributed by atoms with van der Waals surface area (Å²) in [6.07, 6.45) is 9.74. The van der Waals surface area contributed by atoms with Gasteiger partial charge >= 0.3 is 0 Å². The summed E-state index contributed by atoms with van der Waals surface area (Å²) in [4.78, 5) is 28.3. The van der Waals surface area contributed by atoms with E-state index in [1.165, 1.54) is 12.8 Å². The van der Waals surface area contributed by atoms with Gasteiger partial charge in [-0.3, -0.25) is 9.59 Å². The van der Waals surface area contributed by atoms with Crippen molar-refractivity contribution in [3.05, 3.63) is 40.1 Å². The van der Waals surface area contributed by atoms with Gasteiger partial charge in [0.15, 0.2) is 0 Å². The summed E-state index contributed by atoms with van der Waals surface area (Å²) in [6, 6.07) is 4.00. The molecule has 2 aromatic heterocycles. The van der Waals surface area contributed by atoms with Crippen molar-refractivity contribution in [2.24, 2.45) is 11.3 Å². The largest absolute Gasteiger partial charge is 0.349 e. The molecule has 2 aliphatic heterocycles. The van der Waals surface area contributed by atoms with Crippen LogP contribution in [0.5, 0.6) is 0 Å². The highest BCUT2D eigenvalue weighted by Gasteiger charge is 2.41. The van der Waals surface area contributed by atoms with Crippen LogP contribution in [0.3, 0.4) is 0 Å². The number of aryl methyl sites for hydroxylation is 1. The summed E-state index contributed by atoms with van der Waals surface area (Å²) in [7, 11) is 0. The molecule has 1 N–H and O–H groups in total.